The maximum Gasteiger partial charge on any atom is 0.266 e. The average molecular weight is 368 g/mol. The van der Waals surface area contributed by atoms with E-state index in [-0.39, 0.29) is 18.1 Å². The summed E-state index contributed by atoms with van der Waals surface area (Å²) in [6, 6.07) is 10.1. The van der Waals surface area contributed by atoms with Crippen LogP contribution in [-0.2, 0) is 16.1 Å². The summed E-state index contributed by atoms with van der Waals surface area (Å²) in [5, 5.41) is 4.19. The van der Waals surface area contributed by atoms with Crippen LogP contribution in [0.25, 0.3) is 0 Å². The largest absolute Gasteiger partial charge is 0.374 e. The fourth-order valence-electron chi connectivity index (χ4n) is 4.17. The molecule has 1 aromatic carbocycles. The zero-order chi connectivity index (χ0) is 18.2. The molecule has 1 aliphatic carbocycles. The van der Waals surface area contributed by atoms with Gasteiger partial charge in [-0.1, -0.05) is 36.8 Å². The molecular formula is C20H24N4O3. The average Bonchev–Trinajstić information content (AvgIpc) is 3.24. The molecular weight excluding hydrogens is 344 g/mol. The van der Waals surface area contributed by atoms with E-state index in [0.29, 0.717) is 44.5 Å². The van der Waals surface area contributed by atoms with Gasteiger partial charge in [-0.05, 0) is 23.6 Å². The molecule has 142 valence electrons. The molecule has 2 aliphatic heterocycles. The molecule has 2 saturated heterocycles. The third kappa shape index (κ3) is 3.20. The number of rotatable bonds is 4. The molecule has 2 aromatic rings. The van der Waals surface area contributed by atoms with Gasteiger partial charge < -0.3 is 19.1 Å². The van der Waals surface area contributed by atoms with Crippen LogP contribution in [-0.4, -0.2) is 52.8 Å². The van der Waals surface area contributed by atoms with Gasteiger partial charge >= 0.3 is 0 Å². The molecule has 2 atom stereocenters. The molecule has 3 aliphatic rings. The number of fused-ring (bicyclic) bond motifs is 1. The van der Waals surface area contributed by atoms with Gasteiger partial charge in [0.2, 0.25) is 11.8 Å². The van der Waals surface area contributed by atoms with Crippen molar-refractivity contribution in [2.24, 2.45) is 0 Å². The fourth-order valence-corrected chi connectivity index (χ4v) is 4.17. The minimum Gasteiger partial charge on any atom is -0.374 e. The first-order chi connectivity index (χ1) is 13.3. The second-order valence-electron chi connectivity index (χ2n) is 7.70. The monoisotopic (exact) mass is 368 g/mol. The number of carbonyl (C=O) groups is 1. The topological polar surface area (TPSA) is 71.7 Å². The minimum absolute atomic E-state index is 0.00542. The molecule has 1 aromatic heterocycles. The highest BCUT2D eigenvalue weighted by Crippen LogP contribution is 2.36. The Morgan fingerprint density at radius 3 is 2.78 bits per heavy atom. The first kappa shape index (κ1) is 16.7. The summed E-state index contributed by atoms with van der Waals surface area (Å²) < 4.78 is 11.5. The molecule has 3 fully saturated rings. The van der Waals surface area contributed by atoms with E-state index < -0.39 is 0 Å². The summed E-state index contributed by atoms with van der Waals surface area (Å²) in [7, 11) is 0. The molecule has 1 saturated carbocycles. The summed E-state index contributed by atoms with van der Waals surface area (Å²) in [6.45, 7) is 2.44. The molecule has 0 unspecified atom stereocenters. The van der Waals surface area contributed by atoms with Gasteiger partial charge in [-0.15, -0.1) is 0 Å². The van der Waals surface area contributed by atoms with Gasteiger partial charge in [-0.25, -0.2) is 0 Å². The zero-order valence-electron chi connectivity index (χ0n) is 15.3. The lowest BCUT2D eigenvalue weighted by Gasteiger charge is -2.29. The van der Waals surface area contributed by atoms with Gasteiger partial charge in [0, 0.05) is 25.6 Å². The Hall–Kier alpha value is -2.41. The summed E-state index contributed by atoms with van der Waals surface area (Å²) in [6.07, 6.45) is 3.92. The van der Waals surface area contributed by atoms with E-state index in [9.17, 15) is 4.79 Å². The number of anilines is 1. The standard InChI is InChI=1S/C20H24N4O3/c25-18-9-10-26-17-13-23(20-21-19(27-22-20)15-7-4-8-15)12-16(17)24(18)11-14-5-2-1-3-6-14/h1-3,5-6,15-17H,4,7-13H2/t16-,17-/m0/s1. The van der Waals surface area contributed by atoms with Crippen LogP contribution in [0.2, 0.25) is 0 Å². The van der Waals surface area contributed by atoms with Gasteiger partial charge in [0.05, 0.1) is 25.2 Å². The highest BCUT2D eigenvalue weighted by Gasteiger charge is 2.42. The summed E-state index contributed by atoms with van der Waals surface area (Å²) in [5.41, 5.74) is 1.14. The van der Waals surface area contributed by atoms with E-state index in [1.54, 1.807) is 0 Å². The van der Waals surface area contributed by atoms with Crippen molar-refractivity contribution in [3.8, 4) is 0 Å². The van der Waals surface area contributed by atoms with Crippen molar-refractivity contribution < 1.29 is 14.1 Å². The highest BCUT2D eigenvalue weighted by molar-refractivity contribution is 5.77. The van der Waals surface area contributed by atoms with Gasteiger partial charge in [-0.2, -0.15) is 4.98 Å². The Bertz CT molecular complexity index is 805. The van der Waals surface area contributed by atoms with Crippen LogP contribution in [0, 0.1) is 0 Å². The Morgan fingerprint density at radius 2 is 2.00 bits per heavy atom. The number of hydrogen-bond donors (Lipinski definition) is 0. The predicted molar refractivity (Wildman–Crippen MR) is 98.2 cm³/mol. The van der Waals surface area contributed by atoms with Crippen LogP contribution in [0.3, 0.4) is 0 Å². The number of ether oxygens (including phenoxy) is 1. The lowest BCUT2D eigenvalue weighted by Crippen LogP contribution is -2.45. The molecule has 0 spiro atoms. The van der Waals surface area contributed by atoms with E-state index in [1.165, 1.54) is 6.42 Å². The van der Waals surface area contributed by atoms with E-state index in [2.05, 4.69) is 27.2 Å². The maximum absolute atomic E-state index is 12.7. The van der Waals surface area contributed by atoms with Crippen molar-refractivity contribution in [1.82, 2.24) is 15.0 Å². The van der Waals surface area contributed by atoms with Crippen molar-refractivity contribution in [3.05, 3.63) is 41.8 Å². The number of nitrogens with zero attached hydrogens (tertiary/aromatic N) is 4. The first-order valence-electron chi connectivity index (χ1n) is 9.81. The second-order valence-corrected chi connectivity index (χ2v) is 7.70. The third-order valence-electron chi connectivity index (χ3n) is 5.97. The Morgan fingerprint density at radius 1 is 1.15 bits per heavy atom. The van der Waals surface area contributed by atoms with Crippen LogP contribution in [0.1, 0.15) is 43.1 Å². The molecule has 7 heteroatoms. The smallest absolute Gasteiger partial charge is 0.266 e. The number of hydrogen-bond acceptors (Lipinski definition) is 6. The molecule has 3 heterocycles. The number of amides is 1. The Labute approximate surface area is 158 Å². The maximum atomic E-state index is 12.7. The molecule has 5 rings (SSSR count). The third-order valence-corrected chi connectivity index (χ3v) is 5.97. The lowest BCUT2D eigenvalue weighted by molar-refractivity contribution is -0.133. The van der Waals surface area contributed by atoms with Crippen LogP contribution >= 0.6 is 0 Å². The molecule has 0 radical (unpaired) electrons. The van der Waals surface area contributed by atoms with Crippen molar-refractivity contribution in [2.45, 2.75) is 50.3 Å². The van der Waals surface area contributed by atoms with Crippen LogP contribution in [0.5, 0.6) is 0 Å². The van der Waals surface area contributed by atoms with Gasteiger partial charge in [0.15, 0.2) is 0 Å². The van der Waals surface area contributed by atoms with Crippen molar-refractivity contribution >= 4 is 11.9 Å². The number of aromatic nitrogens is 2. The van der Waals surface area contributed by atoms with Crippen LogP contribution in [0.15, 0.2) is 34.9 Å². The Kier molecular flexibility index (Phi) is 4.32. The molecule has 0 N–H and O–H groups in total. The predicted octanol–water partition coefficient (Wildman–Crippen LogP) is 2.34. The molecule has 1 amide bonds. The molecule has 7 nitrogen and oxygen atoms in total. The van der Waals surface area contributed by atoms with Gasteiger partial charge in [0.25, 0.3) is 5.95 Å². The quantitative estimate of drug-likeness (QED) is 0.825. The normalized spacial score (nSPS) is 26.0. The highest BCUT2D eigenvalue weighted by atomic mass is 16.5. The van der Waals surface area contributed by atoms with E-state index >= 15 is 0 Å². The Balaban J connectivity index is 1.35. The number of carbonyl (C=O) groups excluding carboxylic acids is 1. The summed E-state index contributed by atoms with van der Waals surface area (Å²) >= 11 is 0. The fraction of sp³-hybridized carbons (Fsp3) is 0.550. The van der Waals surface area contributed by atoms with Crippen molar-refractivity contribution in [1.29, 1.82) is 0 Å². The van der Waals surface area contributed by atoms with Crippen LogP contribution < -0.4 is 4.90 Å². The summed E-state index contributed by atoms with van der Waals surface area (Å²) in [5.74, 6) is 1.95. The van der Waals surface area contributed by atoms with Gasteiger partial charge in [0.1, 0.15) is 0 Å². The lowest BCUT2D eigenvalue weighted by atomic mass is 9.85. The molecule has 27 heavy (non-hydrogen) atoms. The van der Waals surface area contributed by atoms with Gasteiger partial charge in [-0.3, -0.25) is 4.79 Å². The van der Waals surface area contributed by atoms with Crippen LogP contribution in [0.4, 0.5) is 5.95 Å². The van der Waals surface area contributed by atoms with E-state index in [0.717, 1.165) is 24.3 Å². The van der Waals surface area contributed by atoms with E-state index in [1.807, 2.05) is 23.1 Å². The van der Waals surface area contributed by atoms with E-state index in [4.69, 9.17) is 9.26 Å². The van der Waals surface area contributed by atoms with Crippen molar-refractivity contribution in [3.63, 3.8) is 0 Å². The number of benzene rings is 1. The van der Waals surface area contributed by atoms with Crippen molar-refractivity contribution in [2.75, 3.05) is 24.6 Å². The summed E-state index contributed by atoms with van der Waals surface area (Å²) in [4.78, 5) is 21.4. The minimum atomic E-state index is -0.0224. The zero-order valence-corrected chi connectivity index (χ0v) is 15.3. The first-order valence-corrected chi connectivity index (χ1v) is 9.81. The molecule has 0 bridgehead atoms. The SMILES string of the molecule is O=C1CCO[C@H]2CN(c3noc(C4CCC4)n3)C[C@@H]2N1Cc1ccccc1. The second kappa shape index (κ2) is 6.96.